The molecule has 0 radical (unpaired) electrons. The molecular weight excluding hydrogens is 359 g/mol. The van der Waals surface area contributed by atoms with E-state index in [1.165, 1.54) is 23.1 Å². The number of amides is 1. The van der Waals surface area contributed by atoms with Crippen molar-refractivity contribution in [3.63, 3.8) is 0 Å². The molecule has 2 aromatic rings. The van der Waals surface area contributed by atoms with Crippen molar-refractivity contribution in [1.29, 1.82) is 5.26 Å². The van der Waals surface area contributed by atoms with Crippen molar-refractivity contribution in [3.8, 4) is 6.07 Å². The number of nitrogens with one attached hydrogen (secondary N) is 1. The lowest BCUT2D eigenvalue weighted by atomic mass is 10.2. The average molecular weight is 371 g/mol. The molecule has 0 aliphatic rings. The molecule has 0 saturated carbocycles. The minimum atomic E-state index is -0.182. The van der Waals surface area contributed by atoms with Crippen molar-refractivity contribution in [2.24, 2.45) is 0 Å². The van der Waals surface area contributed by atoms with Gasteiger partial charge >= 0.3 is 0 Å². The van der Waals surface area contributed by atoms with E-state index in [0.29, 0.717) is 20.6 Å². The maximum atomic E-state index is 12.1. The summed E-state index contributed by atoms with van der Waals surface area (Å²) in [6.45, 7) is 3.80. The molecule has 0 fully saturated rings. The van der Waals surface area contributed by atoms with Crippen LogP contribution in [0.2, 0.25) is 10.0 Å². The van der Waals surface area contributed by atoms with Crippen molar-refractivity contribution < 1.29 is 4.79 Å². The Morgan fingerprint density at radius 1 is 1.41 bits per heavy atom. The molecule has 0 bridgehead atoms. The number of thiophene rings is 1. The lowest BCUT2D eigenvalue weighted by Crippen LogP contribution is -2.13. The van der Waals surface area contributed by atoms with Crippen LogP contribution in [0.15, 0.2) is 23.1 Å². The number of benzene rings is 1. The van der Waals surface area contributed by atoms with Crippen LogP contribution in [0.5, 0.6) is 0 Å². The summed E-state index contributed by atoms with van der Waals surface area (Å²) < 4.78 is 0. The van der Waals surface area contributed by atoms with Gasteiger partial charge in [0.05, 0.1) is 16.3 Å². The zero-order valence-electron chi connectivity index (χ0n) is 11.9. The fourth-order valence-electron chi connectivity index (χ4n) is 1.74. The molecule has 22 heavy (non-hydrogen) atoms. The standard InChI is InChI=1S/C15H12Cl2N2OS2/c1-8-9(2)22-15(11(8)6-18)19-14(20)7-21-13-5-10(16)3-4-12(13)17/h3-5H,7H2,1-2H3,(H,19,20). The highest BCUT2D eigenvalue weighted by Gasteiger charge is 2.15. The number of thioether (sulfide) groups is 1. The van der Waals surface area contributed by atoms with Crippen LogP contribution >= 0.6 is 46.3 Å². The molecular formula is C15H12Cl2N2OS2. The second kappa shape index (κ2) is 7.38. The first-order chi connectivity index (χ1) is 10.4. The fraction of sp³-hybridized carbons (Fsp3) is 0.200. The third-order valence-electron chi connectivity index (χ3n) is 3.00. The summed E-state index contributed by atoms with van der Waals surface area (Å²) >= 11 is 14.7. The van der Waals surface area contributed by atoms with E-state index in [-0.39, 0.29) is 11.7 Å². The Morgan fingerprint density at radius 3 is 2.82 bits per heavy atom. The summed E-state index contributed by atoms with van der Waals surface area (Å²) in [7, 11) is 0. The number of carbonyl (C=O) groups excluding carboxylic acids is 1. The van der Waals surface area contributed by atoms with Crippen LogP contribution in [-0.2, 0) is 4.79 Å². The molecule has 7 heteroatoms. The van der Waals surface area contributed by atoms with Gasteiger partial charge in [-0.15, -0.1) is 23.1 Å². The fourth-order valence-corrected chi connectivity index (χ4v) is 4.06. The van der Waals surface area contributed by atoms with Crippen LogP contribution in [0.4, 0.5) is 5.00 Å². The second-order valence-corrected chi connectivity index (χ2v) is 7.60. The van der Waals surface area contributed by atoms with E-state index in [9.17, 15) is 4.79 Å². The maximum absolute atomic E-state index is 12.1. The minimum Gasteiger partial charge on any atom is -0.316 e. The van der Waals surface area contributed by atoms with Crippen LogP contribution in [0, 0.1) is 25.2 Å². The first-order valence-corrected chi connectivity index (χ1v) is 8.86. The number of hydrogen-bond donors (Lipinski definition) is 1. The first kappa shape index (κ1) is 17.2. The summed E-state index contributed by atoms with van der Waals surface area (Å²) in [5, 5.41) is 13.7. The number of nitrogens with zero attached hydrogens (tertiary/aromatic N) is 1. The number of rotatable bonds is 4. The van der Waals surface area contributed by atoms with Gasteiger partial charge in [-0.1, -0.05) is 23.2 Å². The van der Waals surface area contributed by atoms with Crippen LogP contribution in [0.1, 0.15) is 16.0 Å². The minimum absolute atomic E-state index is 0.182. The Kier molecular flexibility index (Phi) is 5.76. The molecule has 114 valence electrons. The Labute approximate surface area is 147 Å². The van der Waals surface area contributed by atoms with Crippen LogP contribution in [0.3, 0.4) is 0 Å². The zero-order valence-corrected chi connectivity index (χ0v) is 15.0. The highest BCUT2D eigenvalue weighted by Crippen LogP contribution is 2.33. The molecule has 1 heterocycles. The van der Waals surface area contributed by atoms with Gasteiger partial charge < -0.3 is 5.32 Å². The van der Waals surface area contributed by atoms with Gasteiger partial charge in [-0.2, -0.15) is 5.26 Å². The summed E-state index contributed by atoms with van der Waals surface area (Å²) in [6, 6.07) is 7.25. The van der Waals surface area contributed by atoms with Crippen LogP contribution < -0.4 is 5.32 Å². The van der Waals surface area contributed by atoms with Crippen LogP contribution in [-0.4, -0.2) is 11.7 Å². The first-order valence-electron chi connectivity index (χ1n) is 6.30. The number of nitriles is 1. The van der Waals surface area contributed by atoms with E-state index in [2.05, 4.69) is 11.4 Å². The number of hydrogen-bond acceptors (Lipinski definition) is 4. The topological polar surface area (TPSA) is 52.9 Å². The summed E-state index contributed by atoms with van der Waals surface area (Å²) in [5.74, 6) is 0.0137. The maximum Gasteiger partial charge on any atom is 0.235 e. The molecule has 0 atom stereocenters. The number of anilines is 1. The quantitative estimate of drug-likeness (QED) is 0.745. The molecule has 0 saturated heterocycles. The van der Waals surface area contributed by atoms with Crippen LogP contribution in [0.25, 0.3) is 0 Å². The molecule has 0 aliphatic heterocycles. The van der Waals surface area contributed by atoms with Crippen molar-refractivity contribution >= 4 is 57.2 Å². The number of carbonyl (C=O) groups is 1. The molecule has 0 unspecified atom stereocenters. The average Bonchev–Trinajstić information content (AvgIpc) is 2.74. The molecule has 1 aromatic heterocycles. The summed E-state index contributed by atoms with van der Waals surface area (Å²) in [5.41, 5.74) is 1.44. The largest absolute Gasteiger partial charge is 0.316 e. The van der Waals surface area contributed by atoms with Gasteiger partial charge in [-0.25, -0.2) is 0 Å². The molecule has 1 aromatic carbocycles. The van der Waals surface area contributed by atoms with Gasteiger partial charge in [-0.3, -0.25) is 4.79 Å². The SMILES string of the molecule is Cc1sc(NC(=O)CSc2cc(Cl)ccc2Cl)c(C#N)c1C. The van der Waals surface area contributed by atoms with E-state index in [0.717, 1.165) is 15.3 Å². The molecule has 2 rings (SSSR count). The highest BCUT2D eigenvalue weighted by molar-refractivity contribution is 8.00. The van der Waals surface area contributed by atoms with Gasteiger partial charge in [0.2, 0.25) is 5.91 Å². The Morgan fingerprint density at radius 2 is 2.14 bits per heavy atom. The Bertz CT molecular complexity index is 766. The molecule has 0 aliphatic carbocycles. The summed E-state index contributed by atoms with van der Waals surface area (Å²) in [6.07, 6.45) is 0. The predicted molar refractivity (Wildman–Crippen MR) is 94.3 cm³/mol. The number of aryl methyl sites for hydroxylation is 1. The van der Waals surface area contributed by atoms with Gasteiger partial charge in [0, 0.05) is 14.8 Å². The predicted octanol–water partition coefficient (Wildman–Crippen LogP) is 5.27. The molecule has 0 spiro atoms. The molecule has 1 amide bonds. The van der Waals surface area contributed by atoms with Gasteiger partial charge in [0.15, 0.2) is 0 Å². The smallest absolute Gasteiger partial charge is 0.235 e. The number of halogens is 2. The van der Waals surface area contributed by atoms with E-state index >= 15 is 0 Å². The third-order valence-corrected chi connectivity index (χ3v) is 5.86. The van der Waals surface area contributed by atoms with Crippen molar-refractivity contribution in [1.82, 2.24) is 0 Å². The Balaban J connectivity index is 2.04. The van der Waals surface area contributed by atoms with E-state index in [1.54, 1.807) is 18.2 Å². The van der Waals surface area contributed by atoms with E-state index in [4.69, 9.17) is 28.5 Å². The van der Waals surface area contributed by atoms with Crippen molar-refractivity contribution in [2.75, 3.05) is 11.1 Å². The van der Waals surface area contributed by atoms with Crippen molar-refractivity contribution in [3.05, 3.63) is 44.2 Å². The Hall–Kier alpha value is -1.19. The monoisotopic (exact) mass is 370 g/mol. The van der Waals surface area contributed by atoms with Gasteiger partial charge in [0.1, 0.15) is 11.1 Å². The lowest BCUT2D eigenvalue weighted by Gasteiger charge is -2.05. The molecule has 1 N–H and O–H groups in total. The molecule has 3 nitrogen and oxygen atoms in total. The normalized spacial score (nSPS) is 10.3. The van der Waals surface area contributed by atoms with E-state index in [1.807, 2.05) is 13.8 Å². The highest BCUT2D eigenvalue weighted by atomic mass is 35.5. The third kappa shape index (κ3) is 3.96. The lowest BCUT2D eigenvalue weighted by molar-refractivity contribution is -0.113. The van der Waals surface area contributed by atoms with Gasteiger partial charge in [0.25, 0.3) is 0 Å². The van der Waals surface area contributed by atoms with Gasteiger partial charge in [-0.05, 0) is 37.6 Å². The van der Waals surface area contributed by atoms with Crippen molar-refractivity contribution in [2.45, 2.75) is 18.7 Å². The second-order valence-electron chi connectivity index (χ2n) is 4.51. The zero-order chi connectivity index (χ0) is 16.3. The van der Waals surface area contributed by atoms with E-state index < -0.39 is 0 Å². The summed E-state index contributed by atoms with van der Waals surface area (Å²) in [4.78, 5) is 13.8.